The maximum atomic E-state index is 13.8. The Balaban J connectivity index is 2.35. The van der Waals surface area contributed by atoms with E-state index in [0.29, 0.717) is 5.57 Å². The van der Waals surface area contributed by atoms with Crippen molar-refractivity contribution in [3.8, 4) is 0 Å². The molecule has 0 aliphatic heterocycles. The first-order chi connectivity index (χ1) is 18.2. The van der Waals surface area contributed by atoms with Crippen LogP contribution >= 0.6 is 0 Å². The number of benzene rings is 1. The lowest BCUT2D eigenvalue weighted by Crippen LogP contribution is -2.59. The van der Waals surface area contributed by atoms with Crippen LogP contribution in [0.15, 0.2) is 42.1 Å². The third-order valence-electron chi connectivity index (χ3n) is 7.59. The number of nitrogens with one attached hydrogen (secondary N) is 2. The maximum absolute atomic E-state index is 13.8. The van der Waals surface area contributed by atoms with Crippen molar-refractivity contribution in [2.75, 3.05) is 20.7 Å². The quantitative estimate of drug-likeness (QED) is 0.311. The molecule has 0 saturated heterocycles. The molecular weight excluding hydrogens is 492 g/mol. The van der Waals surface area contributed by atoms with E-state index in [4.69, 9.17) is 4.74 Å². The Bertz CT molecular complexity index is 1190. The minimum Gasteiger partial charge on any atom is -0.463 e. The number of hydrogen-bond acceptors (Lipinski definition) is 5. The molecule has 0 aliphatic carbocycles. The largest absolute Gasteiger partial charge is 0.463 e. The number of nitrogens with zero attached hydrogens (tertiary/aromatic N) is 2. The SMILES string of the molecule is CCOC(=O)/C(C)=C/[C@H](C(C)C)N(C)C(=O)[C@@H](NC(=O)[C@@H](NC)C(C)(C)c1cn(C)c2ccccc12)C(C)C. The summed E-state index contributed by atoms with van der Waals surface area (Å²) in [7, 11) is 5.50. The van der Waals surface area contributed by atoms with Crippen LogP contribution in [-0.2, 0) is 31.6 Å². The Morgan fingerprint density at radius 2 is 1.72 bits per heavy atom. The van der Waals surface area contributed by atoms with Gasteiger partial charge in [-0.25, -0.2) is 4.79 Å². The zero-order chi connectivity index (χ0) is 29.7. The first kappa shape index (κ1) is 32.1. The van der Waals surface area contributed by atoms with Crippen molar-refractivity contribution >= 4 is 28.7 Å². The van der Waals surface area contributed by atoms with Gasteiger partial charge in [0.05, 0.1) is 18.7 Å². The third kappa shape index (κ3) is 7.10. The average Bonchev–Trinajstić information content (AvgIpc) is 3.22. The van der Waals surface area contributed by atoms with Gasteiger partial charge >= 0.3 is 5.97 Å². The Morgan fingerprint density at radius 3 is 2.26 bits per heavy atom. The van der Waals surface area contributed by atoms with E-state index in [-0.39, 0.29) is 36.3 Å². The number of aryl methyl sites for hydroxylation is 1. The molecule has 2 aromatic rings. The van der Waals surface area contributed by atoms with Crippen molar-refractivity contribution in [2.45, 2.75) is 78.9 Å². The van der Waals surface area contributed by atoms with Crippen LogP contribution in [0.1, 0.15) is 61.0 Å². The van der Waals surface area contributed by atoms with E-state index in [1.807, 2.05) is 60.7 Å². The topological polar surface area (TPSA) is 92.7 Å². The number of hydrogen-bond donors (Lipinski definition) is 2. The number of fused-ring (bicyclic) bond motifs is 1. The van der Waals surface area contributed by atoms with Gasteiger partial charge in [-0.2, -0.15) is 0 Å². The summed E-state index contributed by atoms with van der Waals surface area (Å²) in [4.78, 5) is 41.4. The standard InChI is InChI=1S/C31H48N4O4/c1-12-39-30(38)21(6)17-25(19(2)3)35(11)29(37)26(20(4)5)33-28(36)27(32-9)31(7,8)23-18-34(10)24-16-14-13-15-22(23)24/h13-20,25-27,32H,12H2,1-11H3,(H,33,36)/b21-17+/t25-,26+,27-/m1/s1. The number of rotatable bonds is 12. The van der Waals surface area contributed by atoms with Crippen molar-refractivity contribution in [1.82, 2.24) is 20.1 Å². The fourth-order valence-electron chi connectivity index (χ4n) is 5.27. The van der Waals surface area contributed by atoms with Crippen molar-refractivity contribution in [1.29, 1.82) is 0 Å². The predicted octanol–water partition coefficient (Wildman–Crippen LogP) is 4.18. The van der Waals surface area contributed by atoms with E-state index in [2.05, 4.69) is 33.5 Å². The molecule has 0 bridgehead atoms. The van der Waals surface area contributed by atoms with Crippen LogP contribution in [0.25, 0.3) is 10.9 Å². The lowest BCUT2D eigenvalue weighted by atomic mass is 9.77. The Labute approximate surface area is 234 Å². The van der Waals surface area contributed by atoms with Gasteiger partial charge < -0.3 is 24.8 Å². The van der Waals surface area contributed by atoms with Crippen LogP contribution in [0.4, 0.5) is 0 Å². The summed E-state index contributed by atoms with van der Waals surface area (Å²) in [5.41, 5.74) is 2.03. The van der Waals surface area contributed by atoms with Crippen molar-refractivity contribution in [2.24, 2.45) is 18.9 Å². The van der Waals surface area contributed by atoms with Gasteiger partial charge in [0.15, 0.2) is 0 Å². The molecule has 1 aromatic heterocycles. The summed E-state index contributed by atoms with van der Waals surface area (Å²) >= 11 is 0. The molecule has 8 nitrogen and oxygen atoms in total. The third-order valence-corrected chi connectivity index (χ3v) is 7.59. The molecule has 1 aromatic carbocycles. The molecule has 216 valence electrons. The number of likely N-dealkylation sites (N-methyl/N-ethyl adjacent to an activating group) is 2. The summed E-state index contributed by atoms with van der Waals surface area (Å²) < 4.78 is 7.20. The maximum Gasteiger partial charge on any atom is 0.333 e. The van der Waals surface area contributed by atoms with Crippen LogP contribution in [0.2, 0.25) is 0 Å². The first-order valence-corrected chi connectivity index (χ1v) is 13.8. The second-order valence-corrected chi connectivity index (χ2v) is 11.6. The van der Waals surface area contributed by atoms with E-state index >= 15 is 0 Å². The lowest BCUT2D eigenvalue weighted by Gasteiger charge is -2.37. The van der Waals surface area contributed by atoms with E-state index in [9.17, 15) is 14.4 Å². The normalized spacial score (nSPS) is 14.8. The number of aromatic nitrogens is 1. The van der Waals surface area contributed by atoms with Crippen LogP contribution < -0.4 is 10.6 Å². The molecule has 8 heteroatoms. The smallest absolute Gasteiger partial charge is 0.333 e. The highest BCUT2D eigenvalue weighted by Crippen LogP contribution is 2.34. The highest BCUT2D eigenvalue weighted by molar-refractivity contribution is 5.93. The summed E-state index contributed by atoms with van der Waals surface area (Å²) in [5, 5.41) is 7.36. The number of para-hydroxylation sites is 1. The Kier molecular flexibility index (Phi) is 10.9. The molecule has 3 atom stereocenters. The fraction of sp³-hybridized carbons (Fsp3) is 0.581. The minimum atomic E-state index is -0.737. The number of esters is 1. The first-order valence-electron chi connectivity index (χ1n) is 13.8. The van der Waals surface area contributed by atoms with Crippen molar-refractivity contribution in [3.63, 3.8) is 0 Å². The van der Waals surface area contributed by atoms with Crippen molar-refractivity contribution in [3.05, 3.63) is 47.7 Å². The van der Waals surface area contributed by atoms with Crippen LogP contribution in [-0.4, -0.2) is 66.1 Å². The van der Waals surface area contributed by atoms with E-state index in [0.717, 1.165) is 16.5 Å². The predicted molar refractivity (Wildman–Crippen MR) is 157 cm³/mol. The number of amides is 2. The lowest BCUT2D eigenvalue weighted by molar-refractivity contribution is -0.140. The molecule has 1 heterocycles. The highest BCUT2D eigenvalue weighted by atomic mass is 16.5. The van der Waals surface area contributed by atoms with E-state index in [1.165, 1.54) is 0 Å². The zero-order valence-corrected chi connectivity index (χ0v) is 25.6. The zero-order valence-electron chi connectivity index (χ0n) is 25.6. The molecule has 0 radical (unpaired) electrons. The minimum absolute atomic E-state index is 0.0437. The Morgan fingerprint density at radius 1 is 1.10 bits per heavy atom. The molecule has 0 fully saturated rings. The molecule has 0 unspecified atom stereocenters. The van der Waals surface area contributed by atoms with Crippen LogP contribution in [0, 0.1) is 11.8 Å². The molecule has 0 aliphatic rings. The molecule has 2 amide bonds. The molecule has 0 spiro atoms. The van der Waals surface area contributed by atoms with Gasteiger partial charge in [-0.3, -0.25) is 9.59 Å². The highest BCUT2D eigenvalue weighted by Gasteiger charge is 2.40. The molecular formula is C31H48N4O4. The summed E-state index contributed by atoms with van der Waals surface area (Å²) in [6.07, 6.45) is 3.85. The van der Waals surface area contributed by atoms with E-state index < -0.39 is 23.5 Å². The van der Waals surface area contributed by atoms with Gasteiger partial charge in [0, 0.05) is 42.2 Å². The van der Waals surface area contributed by atoms with Gasteiger partial charge in [0.25, 0.3) is 0 Å². The summed E-state index contributed by atoms with van der Waals surface area (Å²) in [6, 6.07) is 6.48. The van der Waals surface area contributed by atoms with Crippen LogP contribution in [0.3, 0.4) is 0 Å². The van der Waals surface area contributed by atoms with E-state index in [1.54, 1.807) is 38.9 Å². The number of carbonyl (C=O) groups excluding carboxylic acids is 3. The summed E-state index contributed by atoms with van der Waals surface area (Å²) in [5.74, 6) is -0.949. The van der Waals surface area contributed by atoms with Gasteiger partial charge in [0.2, 0.25) is 11.8 Å². The van der Waals surface area contributed by atoms with Gasteiger partial charge in [0.1, 0.15) is 6.04 Å². The molecule has 2 rings (SSSR count). The second kappa shape index (κ2) is 13.3. The van der Waals surface area contributed by atoms with Crippen LogP contribution in [0.5, 0.6) is 0 Å². The number of ether oxygens (including phenoxy) is 1. The molecule has 2 N–H and O–H groups in total. The van der Waals surface area contributed by atoms with Crippen molar-refractivity contribution < 1.29 is 19.1 Å². The Hall–Kier alpha value is -3.13. The average molecular weight is 541 g/mol. The molecule has 0 saturated carbocycles. The van der Waals surface area contributed by atoms with Gasteiger partial charge in [-0.15, -0.1) is 0 Å². The number of carbonyl (C=O) groups is 3. The second-order valence-electron chi connectivity index (χ2n) is 11.6. The fourth-order valence-corrected chi connectivity index (χ4v) is 5.27. The van der Waals surface area contributed by atoms with Gasteiger partial charge in [-0.1, -0.05) is 65.8 Å². The van der Waals surface area contributed by atoms with Gasteiger partial charge in [-0.05, 0) is 44.4 Å². The summed E-state index contributed by atoms with van der Waals surface area (Å²) in [6.45, 7) is 15.7. The monoisotopic (exact) mass is 540 g/mol. The molecule has 39 heavy (non-hydrogen) atoms.